The van der Waals surface area contributed by atoms with Gasteiger partial charge in [0.05, 0.1) is 28.6 Å². The predicted octanol–water partition coefficient (Wildman–Crippen LogP) is 6.45. The molecule has 1 aliphatic heterocycles. The summed E-state index contributed by atoms with van der Waals surface area (Å²) in [6.07, 6.45) is 3.71. The lowest BCUT2D eigenvalue weighted by atomic mass is 10.0. The van der Waals surface area contributed by atoms with Gasteiger partial charge in [0.25, 0.3) is 11.5 Å². The van der Waals surface area contributed by atoms with E-state index < -0.39 is 0 Å². The van der Waals surface area contributed by atoms with Crippen LogP contribution in [0.3, 0.4) is 0 Å². The molecule has 0 atom stereocenters. The van der Waals surface area contributed by atoms with E-state index in [9.17, 15) is 9.59 Å². The lowest BCUT2D eigenvalue weighted by molar-refractivity contribution is -0.113. The van der Waals surface area contributed by atoms with Crippen molar-refractivity contribution < 1.29 is 9.53 Å². The van der Waals surface area contributed by atoms with Crippen molar-refractivity contribution in [1.29, 1.82) is 0 Å². The normalized spacial score (nSPS) is 14.2. The monoisotopic (exact) mass is 607 g/mol. The maximum Gasteiger partial charge on any atom is 0.296 e. The lowest BCUT2D eigenvalue weighted by Crippen LogP contribution is -2.33. The first kappa shape index (κ1) is 28.4. The lowest BCUT2D eigenvalue weighted by Gasteiger charge is -2.12. The van der Waals surface area contributed by atoms with Crippen molar-refractivity contribution in [3.63, 3.8) is 0 Å². The number of hydrogen-bond acceptors (Lipinski definition) is 6. The minimum Gasteiger partial charge on any atom is -0.494 e. The highest BCUT2D eigenvalue weighted by molar-refractivity contribution is 8.27. The van der Waals surface area contributed by atoms with Crippen LogP contribution in [0, 0.1) is 13.8 Å². The van der Waals surface area contributed by atoms with Crippen LogP contribution in [0.4, 0.5) is 5.69 Å². The third-order valence-electron chi connectivity index (χ3n) is 7.34. The summed E-state index contributed by atoms with van der Waals surface area (Å²) in [4.78, 5) is 29.4. The van der Waals surface area contributed by atoms with Gasteiger partial charge in [-0.1, -0.05) is 60.4 Å². The number of carbonyl (C=O) groups excluding carboxylic acids is 1. The maximum atomic E-state index is 13.9. The van der Waals surface area contributed by atoms with Crippen molar-refractivity contribution >= 4 is 46.0 Å². The molecule has 3 heterocycles. The van der Waals surface area contributed by atoms with Gasteiger partial charge in [-0.3, -0.25) is 19.2 Å². The zero-order chi connectivity index (χ0) is 30.2. The number of para-hydroxylation sites is 2. The van der Waals surface area contributed by atoms with Crippen molar-refractivity contribution in [1.82, 2.24) is 19.1 Å². The Hall–Kier alpha value is -4.67. The minimum absolute atomic E-state index is 0.250. The van der Waals surface area contributed by atoms with Crippen LogP contribution in [0.1, 0.15) is 23.7 Å². The van der Waals surface area contributed by atoms with Gasteiger partial charge in [0.2, 0.25) is 0 Å². The molecule has 0 N–H and O–H groups in total. The smallest absolute Gasteiger partial charge is 0.296 e. The molecule has 3 aromatic carbocycles. The van der Waals surface area contributed by atoms with Gasteiger partial charge in [-0.15, -0.1) is 0 Å². The van der Waals surface area contributed by atoms with E-state index in [-0.39, 0.29) is 17.2 Å². The van der Waals surface area contributed by atoms with Crippen LogP contribution >= 0.6 is 24.0 Å². The third-order valence-corrected chi connectivity index (χ3v) is 8.64. The van der Waals surface area contributed by atoms with Gasteiger partial charge in [-0.05, 0) is 74.9 Å². The maximum absolute atomic E-state index is 13.9. The van der Waals surface area contributed by atoms with Crippen LogP contribution in [0.5, 0.6) is 5.75 Å². The highest BCUT2D eigenvalue weighted by atomic mass is 32.2. The number of aryl methyl sites for hydroxylation is 1. The number of ether oxygens (including phenoxy) is 1. The molecule has 6 rings (SSSR count). The van der Waals surface area contributed by atoms with Gasteiger partial charge >= 0.3 is 0 Å². The number of benzene rings is 3. The fraction of sp³-hybridized carbons (Fsp3) is 0.152. The Morgan fingerprint density at radius 2 is 1.63 bits per heavy atom. The van der Waals surface area contributed by atoms with E-state index in [1.54, 1.807) is 27.2 Å². The van der Waals surface area contributed by atoms with E-state index in [1.165, 1.54) is 16.7 Å². The van der Waals surface area contributed by atoms with Crippen molar-refractivity contribution in [3.8, 4) is 28.4 Å². The predicted molar refractivity (Wildman–Crippen MR) is 176 cm³/mol. The average Bonchev–Trinajstić information content (AvgIpc) is 3.62. The van der Waals surface area contributed by atoms with Crippen molar-refractivity contribution in [2.24, 2.45) is 7.05 Å². The molecule has 0 saturated carbocycles. The van der Waals surface area contributed by atoms with E-state index in [1.807, 2.05) is 106 Å². The number of aromatic nitrogens is 4. The summed E-state index contributed by atoms with van der Waals surface area (Å²) in [5.41, 5.74) is 5.50. The molecule has 43 heavy (non-hydrogen) atoms. The summed E-state index contributed by atoms with van der Waals surface area (Å²) in [5.74, 6) is 0.470. The van der Waals surface area contributed by atoms with Crippen LogP contribution in [0.2, 0.25) is 0 Å². The van der Waals surface area contributed by atoms with Crippen molar-refractivity contribution in [2.75, 3.05) is 11.5 Å². The highest BCUT2D eigenvalue weighted by Crippen LogP contribution is 2.38. The Kier molecular flexibility index (Phi) is 7.64. The summed E-state index contributed by atoms with van der Waals surface area (Å²) < 4.78 is 11.1. The van der Waals surface area contributed by atoms with Crippen LogP contribution in [-0.2, 0) is 11.8 Å². The number of anilines is 1. The van der Waals surface area contributed by atoms with E-state index in [0.29, 0.717) is 32.9 Å². The molecule has 10 heteroatoms. The Labute approximate surface area is 258 Å². The zero-order valence-corrected chi connectivity index (χ0v) is 25.8. The average molecular weight is 608 g/mol. The number of carbonyl (C=O) groups is 1. The molecular weight excluding hydrogens is 579 g/mol. The molecule has 2 aromatic heterocycles. The first-order valence-electron chi connectivity index (χ1n) is 13.8. The van der Waals surface area contributed by atoms with E-state index >= 15 is 0 Å². The Bertz CT molecular complexity index is 1960. The second kappa shape index (κ2) is 11.5. The minimum atomic E-state index is -0.345. The molecule has 1 saturated heterocycles. The van der Waals surface area contributed by atoms with Gasteiger partial charge in [0, 0.05) is 24.4 Å². The highest BCUT2D eigenvalue weighted by Gasteiger charge is 2.38. The second-order valence-corrected chi connectivity index (χ2v) is 11.7. The number of hydrogen-bond donors (Lipinski definition) is 0. The topological polar surface area (TPSA) is 74.3 Å². The zero-order valence-electron chi connectivity index (χ0n) is 24.1. The molecule has 0 spiro atoms. The first-order valence-corrected chi connectivity index (χ1v) is 15.0. The molecule has 0 bridgehead atoms. The first-order chi connectivity index (χ1) is 20.8. The van der Waals surface area contributed by atoms with Gasteiger partial charge in [0.1, 0.15) is 17.1 Å². The van der Waals surface area contributed by atoms with Crippen molar-refractivity contribution in [3.05, 3.63) is 117 Å². The second-order valence-electron chi connectivity index (χ2n) is 10.1. The number of thiocarbonyl (C=S) groups is 1. The summed E-state index contributed by atoms with van der Waals surface area (Å²) >= 11 is 6.86. The number of rotatable bonds is 7. The molecule has 216 valence electrons. The quantitative estimate of drug-likeness (QED) is 0.156. The number of nitrogens with zero attached hydrogens (tertiary/aromatic N) is 5. The summed E-state index contributed by atoms with van der Waals surface area (Å²) in [6.45, 7) is 6.34. The van der Waals surface area contributed by atoms with Crippen LogP contribution < -0.4 is 15.2 Å². The fourth-order valence-electron chi connectivity index (χ4n) is 5.16. The van der Waals surface area contributed by atoms with Gasteiger partial charge in [0.15, 0.2) is 4.32 Å². The van der Waals surface area contributed by atoms with E-state index in [4.69, 9.17) is 22.1 Å². The molecule has 0 aliphatic carbocycles. The molecule has 0 unspecified atom stereocenters. The molecule has 5 aromatic rings. The standard InChI is InChI=1S/C33H29N5O3S2/c1-5-41-27-17-16-23(18-21(27)2)29-24(20-36(34-29)25-12-8-6-9-13-25)19-28-31(39)37(33(42)43-28)30-22(3)35(4)38(32(30)40)26-14-10-7-11-15-26/h6-20H,5H2,1-4H3/b28-19-. The van der Waals surface area contributed by atoms with Crippen LogP contribution in [0.25, 0.3) is 28.7 Å². The number of amides is 1. The largest absolute Gasteiger partial charge is 0.494 e. The van der Waals surface area contributed by atoms with Crippen LogP contribution in [-0.4, -0.2) is 36.0 Å². The van der Waals surface area contributed by atoms with E-state index in [0.717, 1.165) is 28.1 Å². The summed E-state index contributed by atoms with van der Waals surface area (Å²) in [7, 11) is 1.80. The molecule has 1 aliphatic rings. The molecule has 8 nitrogen and oxygen atoms in total. The Morgan fingerprint density at radius 3 is 2.28 bits per heavy atom. The third kappa shape index (κ3) is 5.13. The van der Waals surface area contributed by atoms with Gasteiger partial charge in [-0.2, -0.15) is 5.10 Å². The fourth-order valence-corrected chi connectivity index (χ4v) is 6.42. The molecule has 1 amide bonds. The molecular formula is C33H29N5O3S2. The van der Waals surface area contributed by atoms with E-state index in [2.05, 4.69) is 0 Å². The van der Waals surface area contributed by atoms with Crippen LogP contribution in [0.15, 0.2) is 94.8 Å². The molecule has 0 radical (unpaired) electrons. The Morgan fingerprint density at radius 1 is 0.953 bits per heavy atom. The molecule has 1 fully saturated rings. The van der Waals surface area contributed by atoms with Gasteiger partial charge < -0.3 is 4.74 Å². The SMILES string of the molecule is CCOc1ccc(-c2nn(-c3ccccc3)cc2/C=C2\SC(=S)N(c3c(C)n(C)n(-c4ccccc4)c3=O)C2=O)cc1C. The van der Waals surface area contributed by atoms with Gasteiger partial charge in [-0.25, -0.2) is 9.36 Å². The summed E-state index contributed by atoms with van der Waals surface area (Å²) in [6, 6.07) is 25.1. The van der Waals surface area contributed by atoms with Crippen molar-refractivity contribution in [2.45, 2.75) is 20.8 Å². The Balaban J connectivity index is 1.43. The summed E-state index contributed by atoms with van der Waals surface area (Å²) in [5, 5.41) is 4.92. The number of thioether (sulfide) groups is 1.